The number of carbonyl (C=O) groups is 3. The highest BCUT2D eigenvalue weighted by atomic mass is 16.7. The normalized spacial score (nSPS) is 38.3. The quantitative estimate of drug-likeness (QED) is 0.136. The maximum absolute atomic E-state index is 13.3. The highest BCUT2D eigenvalue weighted by Crippen LogP contribution is 2.56. The third-order valence-corrected chi connectivity index (χ3v) is 8.54. The molecule has 0 bridgehead atoms. The summed E-state index contributed by atoms with van der Waals surface area (Å²) in [4.78, 5) is 43.5. The summed E-state index contributed by atoms with van der Waals surface area (Å²) in [6, 6.07) is 5.55. The molecule has 1 heterocycles. The molecule has 14 heteroatoms. The minimum absolute atomic E-state index is 0.0142. The number of aliphatic hydroxyl groups excluding tert-OH is 3. The van der Waals surface area contributed by atoms with Crippen LogP contribution < -0.4 is 16.5 Å². The Hall–Kier alpha value is -3.14. The van der Waals surface area contributed by atoms with Gasteiger partial charge in [-0.3, -0.25) is 10.2 Å². The Balaban J connectivity index is 1.85. The number of benzene rings is 1. The van der Waals surface area contributed by atoms with Crippen LogP contribution in [0.25, 0.3) is 0 Å². The van der Waals surface area contributed by atoms with Gasteiger partial charge >= 0.3 is 11.9 Å². The maximum atomic E-state index is 13.3. The molecule has 1 amide bonds. The van der Waals surface area contributed by atoms with E-state index in [1.165, 1.54) is 24.3 Å². The Morgan fingerprint density at radius 2 is 1.77 bits per heavy atom. The highest BCUT2D eigenvalue weighted by molar-refractivity contribution is 6.00. The van der Waals surface area contributed by atoms with Crippen LogP contribution in [0.1, 0.15) is 61.4 Å². The second-order valence-electron chi connectivity index (χ2n) is 10.6. The van der Waals surface area contributed by atoms with Gasteiger partial charge in [-0.05, 0) is 57.6 Å². The van der Waals surface area contributed by atoms with Gasteiger partial charge in [0.2, 0.25) is 0 Å². The SMILES string of the molecule is C[C@]1(NC(=O)c2ccc(C(=N)N)cc2)C(=O)ONC2(C3(OCC(=O)O)CCCC(O)C3O)CCCC(O)C21O. The number of rotatable bonds is 7. The molecule has 4 rings (SSSR count). The molecule has 214 valence electrons. The predicted octanol–water partition coefficient (Wildman–Crippen LogP) is -1.72. The highest BCUT2D eigenvalue weighted by Gasteiger charge is 2.80. The smallest absolute Gasteiger partial charge is 0.353 e. The topological polar surface area (TPSA) is 245 Å². The van der Waals surface area contributed by atoms with Crippen LogP contribution in [0.4, 0.5) is 0 Å². The van der Waals surface area contributed by atoms with Crippen LogP contribution in [0, 0.1) is 5.41 Å². The largest absolute Gasteiger partial charge is 0.480 e. The van der Waals surface area contributed by atoms with Gasteiger partial charge in [0, 0.05) is 11.1 Å². The van der Waals surface area contributed by atoms with Crippen molar-refractivity contribution in [2.45, 2.75) is 86.0 Å². The number of hydrogen-bond donors (Lipinski definition) is 9. The second-order valence-corrected chi connectivity index (χ2v) is 10.6. The van der Waals surface area contributed by atoms with E-state index in [0.29, 0.717) is 5.56 Å². The van der Waals surface area contributed by atoms with E-state index in [-0.39, 0.29) is 49.9 Å². The zero-order valence-electron chi connectivity index (χ0n) is 21.3. The van der Waals surface area contributed by atoms with E-state index in [9.17, 15) is 39.9 Å². The van der Waals surface area contributed by atoms with Gasteiger partial charge in [0.25, 0.3) is 5.91 Å². The lowest BCUT2D eigenvalue weighted by atomic mass is 9.50. The first-order chi connectivity index (χ1) is 18.3. The molecule has 1 aromatic carbocycles. The number of carbonyl (C=O) groups excluding carboxylic acids is 2. The molecule has 39 heavy (non-hydrogen) atoms. The summed E-state index contributed by atoms with van der Waals surface area (Å²) < 4.78 is 5.80. The van der Waals surface area contributed by atoms with Crippen LogP contribution in [0.3, 0.4) is 0 Å². The zero-order chi connectivity index (χ0) is 28.8. The number of amidine groups is 1. The number of ether oxygens (including phenoxy) is 1. The van der Waals surface area contributed by atoms with Gasteiger partial charge in [0.1, 0.15) is 35.3 Å². The lowest BCUT2D eigenvalue weighted by Crippen LogP contribution is -2.93. The number of carboxylic acid groups (broad SMARTS) is 1. The van der Waals surface area contributed by atoms with Crippen LogP contribution in [-0.2, 0) is 19.2 Å². The van der Waals surface area contributed by atoms with Gasteiger partial charge < -0.3 is 46.2 Å². The average molecular weight is 551 g/mol. The summed E-state index contributed by atoms with van der Waals surface area (Å²) in [5.41, 5.74) is -0.762. The van der Waals surface area contributed by atoms with Crippen molar-refractivity contribution in [3.8, 4) is 0 Å². The van der Waals surface area contributed by atoms with Crippen LogP contribution in [0.15, 0.2) is 24.3 Å². The molecule has 6 unspecified atom stereocenters. The summed E-state index contributed by atoms with van der Waals surface area (Å²) in [6.07, 6.45) is -4.38. The van der Waals surface area contributed by atoms with Crippen molar-refractivity contribution >= 4 is 23.7 Å². The van der Waals surface area contributed by atoms with Gasteiger partial charge in [-0.15, -0.1) is 5.48 Å². The molecule has 0 radical (unpaired) electrons. The first kappa shape index (κ1) is 28.9. The summed E-state index contributed by atoms with van der Waals surface area (Å²) in [6.45, 7) is 0.233. The van der Waals surface area contributed by atoms with Gasteiger partial charge in [0.15, 0.2) is 5.54 Å². The minimum Gasteiger partial charge on any atom is -0.480 e. The van der Waals surface area contributed by atoms with Gasteiger partial charge in [0.05, 0.1) is 12.2 Å². The van der Waals surface area contributed by atoms with E-state index in [4.69, 9.17) is 20.7 Å². The average Bonchev–Trinajstić information content (AvgIpc) is 2.89. The van der Waals surface area contributed by atoms with Crippen LogP contribution in [0.2, 0.25) is 0 Å². The molecule has 2 aliphatic carbocycles. The number of nitrogens with two attached hydrogens (primary N) is 1. The number of aliphatic hydroxyl groups is 4. The predicted molar refractivity (Wildman–Crippen MR) is 132 cm³/mol. The second kappa shape index (κ2) is 10.1. The van der Waals surface area contributed by atoms with Crippen molar-refractivity contribution in [3.63, 3.8) is 0 Å². The zero-order valence-corrected chi connectivity index (χ0v) is 21.3. The van der Waals surface area contributed by atoms with Crippen molar-refractivity contribution in [1.29, 1.82) is 5.41 Å². The number of aliphatic carboxylic acids is 1. The summed E-state index contributed by atoms with van der Waals surface area (Å²) >= 11 is 0. The first-order valence-electron chi connectivity index (χ1n) is 12.6. The van der Waals surface area contributed by atoms with Gasteiger partial charge in [-0.1, -0.05) is 12.1 Å². The van der Waals surface area contributed by atoms with E-state index in [0.717, 1.165) is 6.92 Å². The number of fused-ring (bicyclic) bond motifs is 1. The summed E-state index contributed by atoms with van der Waals surface area (Å²) in [7, 11) is 0. The minimum atomic E-state index is -2.63. The lowest BCUT2D eigenvalue weighted by Gasteiger charge is -2.67. The van der Waals surface area contributed by atoms with Crippen LogP contribution >= 0.6 is 0 Å². The monoisotopic (exact) mass is 550 g/mol. The Kier molecular flexibility index (Phi) is 7.48. The van der Waals surface area contributed by atoms with Gasteiger partial charge in [-0.2, -0.15) is 0 Å². The van der Waals surface area contributed by atoms with Crippen molar-refractivity contribution in [3.05, 3.63) is 35.4 Å². The standard InChI is InChI=1S/C25H34N4O10/c1-22(28-20(35)14-8-6-13(7-9-14)19(26)27)21(36)39-29-24(11-3-5-16(31)25(22,24)37)23(38-12-17(32)33)10-2-4-15(30)18(23)34/h6-9,15-16,18,29-31,34,37H,2-5,10-12H2,1H3,(H3,26,27)(H,28,35)(H,32,33)/t15?,16?,18?,22-,23?,24?,25?/m0/s1. The number of carboxylic acids is 1. The summed E-state index contributed by atoms with van der Waals surface area (Å²) in [5.74, 6) is -3.61. The Morgan fingerprint density at radius 3 is 2.38 bits per heavy atom. The number of nitrogen functional groups attached to an aromatic ring is 1. The van der Waals surface area contributed by atoms with Crippen molar-refractivity contribution in [2.75, 3.05) is 6.61 Å². The molecule has 1 aromatic rings. The Bertz CT molecular complexity index is 1160. The van der Waals surface area contributed by atoms with E-state index in [1.54, 1.807) is 0 Å². The number of hydroxylamine groups is 1. The molecular weight excluding hydrogens is 516 g/mol. The molecule has 2 saturated carbocycles. The Labute approximate surface area is 223 Å². The molecular formula is C25H34N4O10. The van der Waals surface area contributed by atoms with Crippen LogP contribution in [-0.4, -0.2) is 96.4 Å². The fourth-order valence-corrected chi connectivity index (χ4v) is 6.52. The number of nitrogens with one attached hydrogen (secondary N) is 3. The molecule has 0 aromatic heterocycles. The molecule has 1 saturated heterocycles. The molecule has 14 nitrogen and oxygen atoms in total. The van der Waals surface area contributed by atoms with Crippen molar-refractivity contribution in [2.24, 2.45) is 5.73 Å². The fraction of sp³-hybridized carbons (Fsp3) is 0.600. The lowest BCUT2D eigenvalue weighted by molar-refractivity contribution is -0.332. The number of amides is 1. The molecule has 3 fully saturated rings. The third kappa shape index (κ3) is 4.18. The first-order valence-corrected chi connectivity index (χ1v) is 12.6. The Morgan fingerprint density at radius 1 is 1.15 bits per heavy atom. The van der Waals surface area contributed by atoms with Crippen molar-refractivity contribution < 1.29 is 49.5 Å². The molecule has 3 aliphatic rings. The molecule has 1 aliphatic heterocycles. The van der Waals surface area contributed by atoms with Crippen molar-refractivity contribution in [1.82, 2.24) is 10.8 Å². The molecule has 0 spiro atoms. The molecule has 10 N–H and O–H groups in total. The molecule has 7 atom stereocenters. The summed E-state index contributed by atoms with van der Waals surface area (Å²) in [5, 5.41) is 65.2. The van der Waals surface area contributed by atoms with Crippen LogP contribution in [0.5, 0.6) is 0 Å². The van der Waals surface area contributed by atoms with E-state index in [2.05, 4.69) is 10.8 Å². The van der Waals surface area contributed by atoms with E-state index >= 15 is 0 Å². The van der Waals surface area contributed by atoms with E-state index < -0.39 is 65.0 Å². The number of hydrogen-bond acceptors (Lipinski definition) is 11. The fourth-order valence-electron chi connectivity index (χ4n) is 6.52. The van der Waals surface area contributed by atoms with Gasteiger partial charge in [-0.25, -0.2) is 9.59 Å². The maximum Gasteiger partial charge on any atom is 0.353 e. The van der Waals surface area contributed by atoms with E-state index in [1.807, 2.05) is 0 Å². The third-order valence-electron chi connectivity index (χ3n) is 8.54.